The standard InChI is InChI=1S/C9H13NS/c1-2-8(7-10)6-9-4-3-5-11-9/h2-5H,6-7,10H2,1H3/b8-2-. The zero-order valence-corrected chi connectivity index (χ0v) is 7.53. The average molecular weight is 167 g/mol. The second kappa shape index (κ2) is 4.31. The van der Waals surface area contributed by atoms with Crippen LogP contribution < -0.4 is 5.73 Å². The highest BCUT2D eigenvalue weighted by atomic mass is 32.1. The third kappa shape index (κ3) is 2.48. The van der Waals surface area contributed by atoms with E-state index in [0.29, 0.717) is 6.54 Å². The predicted molar refractivity (Wildman–Crippen MR) is 50.8 cm³/mol. The van der Waals surface area contributed by atoms with Gasteiger partial charge in [0.15, 0.2) is 0 Å². The number of hydrogen-bond donors (Lipinski definition) is 1. The molecule has 0 saturated heterocycles. The summed E-state index contributed by atoms with van der Waals surface area (Å²) in [4.78, 5) is 1.39. The zero-order valence-electron chi connectivity index (χ0n) is 6.71. The number of rotatable bonds is 3. The molecule has 1 aromatic rings. The van der Waals surface area contributed by atoms with Crippen LogP contribution in [0.25, 0.3) is 0 Å². The first-order chi connectivity index (χ1) is 5.36. The van der Waals surface area contributed by atoms with Gasteiger partial charge in [0.05, 0.1) is 0 Å². The van der Waals surface area contributed by atoms with E-state index in [1.807, 2.05) is 6.92 Å². The first-order valence-electron chi connectivity index (χ1n) is 3.73. The molecule has 2 N–H and O–H groups in total. The molecule has 0 fully saturated rings. The van der Waals surface area contributed by atoms with Gasteiger partial charge in [-0.3, -0.25) is 0 Å². The van der Waals surface area contributed by atoms with Crippen molar-refractivity contribution in [3.63, 3.8) is 0 Å². The molecule has 11 heavy (non-hydrogen) atoms. The summed E-state index contributed by atoms with van der Waals surface area (Å²) < 4.78 is 0. The number of nitrogens with two attached hydrogens (primary N) is 1. The van der Waals surface area contributed by atoms with Crippen molar-refractivity contribution < 1.29 is 0 Å². The van der Waals surface area contributed by atoms with E-state index >= 15 is 0 Å². The van der Waals surface area contributed by atoms with Crippen LogP contribution in [-0.4, -0.2) is 6.54 Å². The van der Waals surface area contributed by atoms with Crippen molar-refractivity contribution in [2.75, 3.05) is 6.54 Å². The molecule has 1 aromatic heterocycles. The van der Waals surface area contributed by atoms with E-state index in [0.717, 1.165) is 6.42 Å². The summed E-state index contributed by atoms with van der Waals surface area (Å²) in [5, 5.41) is 2.10. The van der Waals surface area contributed by atoms with E-state index < -0.39 is 0 Å². The Morgan fingerprint density at radius 1 is 1.73 bits per heavy atom. The molecule has 0 saturated carbocycles. The molecule has 0 aliphatic carbocycles. The fourth-order valence-electron chi connectivity index (χ4n) is 0.929. The number of hydrogen-bond acceptors (Lipinski definition) is 2. The van der Waals surface area contributed by atoms with Crippen molar-refractivity contribution in [3.05, 3.63) is 34.0 Å². The van der Waals surface area contributed by atoms with Crippen molar-refractivity contribution in [3.8, 4) is 0 Å². The van der Waals surface area contributed by atoms with Crippen LogP contribution in [0.1, 0.15) is 11.8 Å². The maximum Gasteiger partial charge on any atom is 0.0140 e. The molecular formula is C9H13NS. The van der Waals surface area contributed by atoms with E-state index in [-0.39, 0.29) is 0 Å². The van der Waals surface area contributed by atoms with Gasteiger partial charge in [-0.2, -0.15) is 0 Å². The van der Waals surface area contributed by atoms with Gasteiger partial charge in [0.1, 0.15) is 0 Å². The molecule has 0 bridgehead atoms. The third-order valence-corrected chi connectivity index (χ3v) is 2.53. The minimum atomic E-state index is 0.675. The fraction of sp³-hybridized carbons (Fsp3) is 0.333. The summed E-state index contributed by atoms with van der Waals surface area (Å²) in [5.41, 5.74) is 6.85. The van der Waals surface area contributed by atoms with E-state index in [9.17, 15) is 0 Å². The van der Waals surface area contributed by atoms with Crippen LogP contribution in [0.5, 0.6) is 0 Å². The highest BCUT2D eigenvalue weighted by Crippen LogP contribution is 2.12. The van der Waals surface area contributed by atoms with E-state index in [1.165, 1.54) is 10.5 Å². The van der Waals surface area contributed by atoms with Gasteiger partial charge in [-0.05, 0) is 18.4 Å². The van der Waals surface area contributed by atoms with Crippen LogP contribution >= 0.6 is 11.3 Å². The second-order valence-corrected chi connectivity index (χ2v) is 3.44. The molecule has 0 spiro atoms. The molecule has 0 radical (unpaired) electrons. The molecule has 60 valence electrons. The van der Waals surface area contributed by atoms with Gasteiger partial charge in [-0.25, -0.2) is 0 Å². The Hall–Kier alpha value is -0.600. The molecular weight excluding hydrogens is 154 g/mol. The topological polar surface area (TPSA) is 26.0 Å². The van der Waals surface area contributed by atoms with E-state index in [4.69, 9.17) is 5.73 Å². The average Bonchev–Trinajstić information content (AvgIpc) is 2.52. The lowest BCUT2D eigenvalue weighted by Gasteiger charge is -1.99. The zero-order chi connectivity index (χ0) is 8.10. The SMILES string of the molecule is C/C=C(\CN)Cc1cccs1. The first kappa shape index (κ1) is 8.50. The fourth-order valence-corrected chi connectivity index (χ4v) is 1.69. The lowest BCUT2D eigenvalue weighted by molar-refractivity contribution is 1.05. The summed E-state index contributed by atoms with van der Waals surface area (Å²) >= 11 is 1.79. The number of allylic oxidation sites excluding steroid dienone is 1. The van der Waals surface area contributed by atoms with E-state index in [2.05, 4.69) is 23.6 Å². The van der Waals surface area contributed by atoms with Crippen molar-refractivity contribution in [2.24, 2.45) is 5.73 Å². The lowest BCUT2D eigenvalue weighted by atomic mass is 10.1. The second-order valence-electron chi connectivity index (χ2n) is 2.41. The molecule has 2 heteroatoms. The smallest absolute Gasteiger partial charge is 0.0140 e. The van der Waals surface area contributed by atoms with Gasteiger partial charge >= 0.3 is 0 Å². The Bertz CT molecular complexity index is 224. The molecule has 1 nitrogen and oxygen atoms in total. The highest BCUT2D eigenvalue weighted by molar-refractivity contribution is 7.09. The Morgan fingerprint density at radius 3 is 3.00 bits per heavy atom. The monoisotopic (exact) mass is 167 g/mol. The van der Waals surface area contributed by atoms with Crippen LogP contribution in [0.15, 0.2) is 29.2 Å². The molecule has 1 heterocycles. The molecule has 0 aromatic carbocycles. The van der Waals surface area contributed by atoms with Crippen molar-refractivity contribution in [1.82, 2.24) is 0 Å². The van der Waals surface area contributed by atoms with Crippen LogP contribution in [0, 0.1) is 0 Å². The molecule has 0 aliphatic heterocycles. The quantitative estimate of drug-likeness (QED) is 0.686. The van der Waals surface area contributed by atoms with E-state index in [1.54, 1.807) is 11.3 Å². The summed E-state index contributed by atoms with van der Waals surface area (Å²) in [5.74, 6) is 0. The molecule has 0 unspecified atom stereocenters. The largest absolute Gasteiger partial charge is 0.327 e. The molecule has 0 atom stereocenters. The Balaban J connectivity index is 2.55. The first-order valence-corrected chi connectivity index (χ1v) is 4.61. The maximum atomic E-state index is 5.54. The molecule has 0 amide bonds. The highest BCUT2D eigenvalue weighted by Gasteiger charge is 1.96. The van der Waals surface area contributed by atoms with Gasteiger partial charge in [0, 0.05) is 17.8 Å². The maximum absolute atomic E-state index is 5.54. The van der Waals surface area contributed by atoms with Gasteiger partial charge in [-0.1, -0.05) is 17.7 Å². The summed E-state index contributed by atoms with van der Waals surface area (Å²) in [6.45, 7) is 2.71. The van der Waals surface area contributed by atoms with Gasteiger partial charge in [0.2, 0.25) is 0 Å². The Kier molecular flexibility index (Phi) is 3.33. The summed E-state index contributed by atoms with van der Waals surface area (Å²) in [6.07, 6.45) is 3.12. The number of thiophene rings is 1. The molecule has 1 rings (SSSR count). The van der Waals surface area contributed by atoms with Crippen molar-refractivity contribution >= 4 is 11.3 Å². The van der Waals surface area contributed by atoms with Crippen LogP contribution in [-0.2, 0) is 6.42 Å². The van der Waals surface area contributed by atoms with Crippen molar-refractivity contribution in [2.45, 2.75) is 13.3 Å². The van der Waals surface area contributed by atoms with Gasteiger partial charge in [0.25, 0.3) is 0 Å². The van der Waals surface area contributed by atoms with Crippen LogP contribution in [0.2, 0.25) is 0 Å². The lowest BCUT2D eigenvalue weighted by Crippen LogP contribution is -2.04. The Morgan fingerprint density at radius 2 is 2.55 bits per heavy atom. The minimum Gasteiger partial charge on any atom is -0.327 e. The van der Waals surface area contributed by atoms with Gasteiger partial charge < -0.3 is 5.73 Å². The summed E-state index contributed by atoms with van der Waals surface area (Å²) in [7, 11) is 0. The minimum absolute atomic E-state index is 0.675. The van der Waals surface area contributed by atoms with Gasteiger partial charge in [-0.15, -0.1) is 11.3 Å². The summed E-state index contributed by atoms with van der Waals surface area (Å²) in [6, 6.07) is 4.22. The van der Waals surface area contributed by atoms with Crippen LogP contribution in [0.3, 0.4) is 0 Å². The Labute approximate surface area is 71.5 Å². The normalized spacial score (nSPS) is 12.0. The molecule has 0 aliphatic rings. The van der Waals surface area contributed by atoms with Crippen LogP contribution in [0.4, 0.5) is 0 Å². The van der Waals surface area contributed by atoms with Crippen molar-refractivity contribution in [1.29, 1.82) is 0 Å². The third-order valence-electron chi connectivity index (χ3n) is 1.65. The predicted octanol–water partition coefficient (Wildman–Crippen LogP) is 2.20.